The molecule has 1 unspecified atom stereocenters. The first kappa shape index (κ1) is 13.3. The number of piperidine rings is 1. The lowest BCUT2D eigenvalue weighted by atomic mass is 10.1. The maximum absolute atomic E-state index is 12.2. The van der Waals surface area contributed by atoms with Crippen LogP contribution in [0.2, 0.25) is 0 Å². The van der Waals surface area contributed by atoms with Crippen molar-refractivity contribution in [3.63, 3.8) is 0 Å². The zero-order valence-corrected chi connectivity index (χ0v) is 10.6. The highest BCUT2D eigenvalue weighted by molar-refractivity contribution is 5.81. The van der Waals surface area contributed by atoms with E-state index in [9.17, 15) is 9.59 Å². The first-order valence-electron chi connectivity index (χ1n) is 6.58. The Balaban J connectivity index is 1.87. The number of ether oxygens (including phenoxy) is 1. The van der Waals surface area contributed by atoms with Gasteiger partial charge < -0.3 is 15.4 Å². The second kappa shape index (κ2) is 6.15. The van der Waals surface area contributed by atoms with Crippen LogP contribution >= 0.6 is 0 Å². The van der Waals surface area contributed by atoms with Gasteiger partial charge in [-0.2, -0.15) is 0 Å². The summed E-state index contributed by atoms with van der Waals surface area (Å²) in [6.07, 6.45) is 2.91. The molecule has 0 aliphatic carbocycles. The van der Waals surface area contributed by atoms with Gasteiger partial charge in [-0.05, 0) is 19.3 Å². The minimum absolute atomic E-state index is 0.0591. The molecule has 0 bridgehead atoms. The predicted molar refractivity (Wildman–Crippen MR) is 65.8 cm³/mol. The van der Waals surface area contributed by atoms with E-state index in [2.05, 4.69) is 0 Å². The summed E-state index contributed by atoms with van der Waals surface area (Å²) in [6, 6.07) is 0. The molecule has 6 heteroatoms. The summed E-state index contributed by atoms with van der Waals surface area (Å²) in [5.74, 6) is -0.301. The number of rotatable bonds is 3. The highest BCUT2D eigenvalue weighted by Crippen LogP contribution is 2.13. The number of amides is 2. The maximum atomic E-state index is 12.2. The third-order valence-corrected chi connectivity index (χ3v) is 3.47. The van der Waals surface area contributed by atoms with E-state index >= 15 is 0 Å². The first-order valence-corrected chi connectivity index (χ1v) is 6.58. The van der Waals surface area contributed by atoms with E-state index in [4.69, 9.17) is 10.5 Å². The number of carbonyl (C=O) groups is 2. The van der Waals surface area contributed by atoms with Gasteiger partial charge in [0.15, 0.2) is 0 Å². The number of hydrogen-bond donors (Lipinski definition) is 1. The molecule has 0 spiro atoms. The van der Waals surface area contributed by atoms with Gasteiger partial charge in [0.2, 0.25) is 5.91 Å². The lowest BCUT2D eigenvalue weighted by Crippen LogP contribution is -2.53. The number of nitrogens with zero attached hydrogens (tertiary/aromatic N) is 2. The average Bonchev–Trinajstić information content (AvgIpc) is 2.38. The second-order valence-electron chi connectivity index (χ2n) is 4.95. The number of primary amides is 1. The topological polar surface area (TPSA) is 75.9 Å². The Morgan fingerprint density at radius 1 is 1.17 bits per heavy atom. The Morgan fingerprint density at radius 2 is 1.89 bits per heavy atom. The number of likely N-dealkylation sites (tertiary alicyclic amines) is 1. The van der Waals surface area contributed by atoms with Crippen LogP contribution in [0.5, 0.6) is 0 Å². The van der Waals surface area contributed by atoms with Gasteiger partial charge in [0, 0.05) is 26.2 Å². The Labute approximate surface area is 107 Å². The number of morpholine rings is 1. The quantitative estimate of drug-likeness (QED) is 0.715. The van der Waals surface area contributed by atoms with Crippen molar-refractivity contribution < 1.29 is 14.3 Å². The summed E-state index contributed by atoms with van der Waals surface area (Å²) in [7, 11) is 0. The molecule has 2 rings (SSSR count). The summed E-state index contributed by atoms with van der Waals surface area (Å²) in [5.41, 5.74) is 5.17. The number of carbonyl (C=O) groups excluding carboxylic acids is 2. The molecule has 0 aromatic rings. The van der Waals surface area contributed by atoms with Crippen molar-refractivity contribution in [1.29, 1.82) is 0 Å². The van der Waals surface area contributed by atoms with E-state index in [0.29, 0.717) is 19.7 Å². The Morgan fingerprint density at radius 3 is 2.56 bits per heavy atom. The van der Waals surface area contributed by atoms with E-state index in [1.54, 1.807) is 0 Å². The van der Waals surface area contributed by atoms with E-state index < -0.39 is 6.10 Å². The van der Waals surface area contributed by atoms with Gasteiger partial charge in [-0.3, -0.25) is 14.5 Å². The standard InChI is InChI=1S/C12H21N3O3/c13-11(16)9-14-6-7-18-10(8-14)12(17)15-4-2-1-3-5-15/h10H,1-9H2,(H2,13,16). The highest BCUT2D eigenvalue weighted by Gasteiger charge is 2.31. The van der Waals surface area contributed by atoms with E-state index in [1.807, 2.05) is 9.80 Å². The van der Waals surface area contributed by atoms with Crippen LogP contribution in [0.25, 0.3) is 0 Å². The molecule has 2 amide bonds. The summed E-state index contributed by atoms with van der Waals surface area (Å²) >= 11 is 0. The molecule has 2 saturated heterocycles. The van der Waals surface area contributed by atoms with Crippen LogP contribution < -0.4 is 5.73 Å². The normalized spacial score (nSPS) is 26.0. The summed E-state index contributed by atoms with van der Waals surface area (Å²) in [4.78, 5) is 26.9. The van der Waals surface area contributed by atoms with Crippen LogP contribution in [0.1, 0.15) is 19.3 Å². The molecule has 2 heterocycles. The molecule has 0 saturated carbocycles. The van der Waals surface area contributed by atoms with Crippen LogP contribution in [0, 0.1) is 0 Å². The highest BCUT2D eigenvalue weighted by atomic mass is 16.5. The van der Waals surface area contributed by atoms with Gasteiger partial charge in [-0.15, -0.1) is 0 Å². The first-order chi connectivity index (χ1) is 8.66. The molecule has 6 nitrogen and oxygen atoms in total. The molecule has 102 valence electrons. The molecule has 1 atom stereocenters. The molecular weight excluding hydrogens is 234 g/mol. The Hall–Kier alpha value is -1.14. The minimum atomic E-state index is -0.434. The van der Waals surface area contributed by atoms with Crippen LogP contribution in [0.3, 0.4) is 0 Å². The summed E-state index contributed by atoms with van der Waals surface area (Å²) < 4.78 is 5.52. The number of nitrogens with two attached hydrogens (primary N) is 1. The fourth-order valence-electron chi connectivity index (χ4n) is 2.53. The minimum Gasteiger partial charge on any atom is -0.369 e. The Bertz CT molecular complexity index is 316. The van der Waals surface area contributed by atoms with Crippen molar-refractivity contribution in [2.45, 2.75) is 25.4 Å². The van der Waals surface area contributed by atoms with Crippen LogP contribution in [-0.2, 0) is 14.3 Å². The summed E-state index contributed by atoms with van der Waals surface area (Å²) in [5, 5.41) is 0. The third kappa shape index (κ3) is 3.43. The zero-order chi connectivity index (χ0) is 13.0. The van der Waals surface area contributed by atoms with Crippen LogP contribution in [0.4, 0.5) is 0 Å². The van der Waals surface area contributed by atoms with E-state index in [1.165, 1.54) is 6.42 Å². The van der Waals surface area contributed by atoms with Gasteiger partial charge in [-0.1, -0.05) is 0 Å². The molecule has 2 fully saturated rings. The van der Waals surface area contributed by atoms with Crippen molar-refractivity contribution in [2.75, 3.05) is 39.3 Å². The fraction of sp³-hybridized carbons (Fsp3) is 0.833. The van der Waals surface area contributed by atoms with Crippen LogP contribution in [0.15, 0.2) is 0 Å². The molecule has 2 aliphatic heterocycles. The Kier molecular flexibility index (Phi) is 4.54. The van der Waals surface area contributed by atoms with Crippen molar-refractivity contribution in [3.05, 3.63) is 0 Å². The van der Waals surface area contributed by atoms with Gasteiger partial charge in [0.1, 0.15) is 6.10 Å². The second-order valence-corrected chi connectivity index (χ2v) is 4.95. The van der Waals surface area contributed by atoms with Crippen molar-refractivity contribution in [2.24, 2.45) is 5.73 Å². The van der Waals surface area contributed by atoms with Crippen LogP contribution in [-0.4, -0.2) is 67.0 Å². The molecule has 2 aliphatic rings. The van der Waals surface area contributed by atoms with Gasteiger partial charge in [-0.25, -0.2) is 0 Å². The zero-order valence-electron chi connectivity index (χ0n) is 10.6. The smallest absolute Gasteiger partial charge is 0.253 e. The third-order valence-electron chi connectivity index (χ3n) is 3.47. The molecule has 0 aromatic heterocycles. The van der Waals surface area contributed by atoms with Gasteiger partial charge >= 0.3 is 0 Å². The van der Waals surface area contributed by atoms with Crippen molar-refractivity contribution in [3.8, 4) is 0 Å². The largest absolute Gasteiger partial charge is 0.369 e. The van der Waals surface area contributed by atoms with Gasteiger partial charge in [0.05, 0.1) is 13.2 Å². The fourth-order valence-corrected chi connectivity index (χ4v) is 2.53. The molecule has 18 heavy (non-hydrogen) atoms. The van der Waals surface area contributed by atoms with Crippen molar-refractivity contribution >= 4 is 11.8 Å². The molecule has 0 aromatic carbocycles. The number of hydrogen-bond acceptors (Lipinski definition) is 4. The SMILES string of the molecule is NC(=O)CN1CCOC(C(=O)N2CCCCC2)C1. The molecular formula is C12H21N3O3. The molecule has 2 N–H and O–H groups in total. The molecule has 0 radical (unpaired) electrons. The van der Waals surface area contributed by atoms with Crippen molar-refractivity contribution in [1.82, 2.24) is 9.80 Å². The average molecular weight is 255 g/mol. The van der Waals surface area contributed by atoms with E-state index in [0.717, 1.165) is 25.9 Å². The van der Waals surface area contributed by atoms with Gasteiger partial charge in [0.25, 0.3) is 5.91 Å². The summed E-state index contributed by atoms with van der Waals surface area (Å²) in [6.45, 7) is 3.47. The monoisotopic (exact) mass is 255 g/mol. The lowest BCUT2D eigenvalue weighted by molar-refractivity contribution is -0.151. The van der Waals surface area contributed by atoms with E-state index in [-0.39, 0.29) is 18.4 Å². The lowest BCUT2D eigenvalue weighted by Gasteiger charge is -2.35. The maximum Gasteiger partial charge on any atom is 0.253 e. The predicted octanol–water partition coefficient (Wildman–Crippen LogP) is -0.815.